The normalized spacial score (nSPS) is 16.5. The molecule has 0 amide bonds. The molecule has 26 heavy (non-hydrogen) atoms. The first kappa shape index (κ1) is 19.1. The van der Waals surface area contributed by atoms with Gasteiger partial charge in [0, 0.05) is 37.7 Å². The minimum absolute atomic E-state index is 0.233. The van der Waals surface area contributed by atoms with Gasteiger partial charge in [-0.25, -0.2) is 12.8 Å². The summed E-state index contributed by atoms with van der Waals surface area (Å²) in [4.78, 5) is 2.35. The van der Waals surface area contributed by atoms with E-state index >= 15 is 0 Å². The monoisotopic (exact) mass is 398 g/mol. The van der Waals surface area contributed by atoms with Crippen LogP contribution in [0.25, 0.3) is 0 Å². The summed E-state index contributed by atoms with van der Waals surface area (Å²) in [6.45, 7) is 2.99. The second-order valence-corrected chi connectivity index (χ2v) is 8.35. The molecule has 0 bridgehead atoms. The van der Waals surface area contributed by atoms with Crippen LogP contribution in [0.3, 0.4) is 0 Å². The molecule has 0 spiro atoms. The summed E-state index contributed by atoms with van der Waals surface area (Å²) in [5.41, 5.74) is 0. The molecule has 5 nitrogen and oxygen atoms in total. The van der Waals surface area contributed by atoms with Crippen LogP contribution >= 0.6 is 11.6 Å². The van der Waals surface area contributed by atoms with Crippen molar-refractivity contribution in [1.29, 1.82) is 0 Å². The highest BCUT2D eigenvalue weighted by molar-refractivity contribution is 7.89. The van der Waals surface area contributed by atoms with Gasteiger partial charge in [-0.3, -0.25) is 4.90 Å². The number of piperazine rings is 1. The smallest absolute Gasteiger partial charge is 0.243 e. The number of halogens is 2. The van der Waals surface area contributed by atoms with Crippen molar-refractivity contribution in [3.8, 4) is 5.75 Å². The molecule has 0 saturated carbocycles. The SMILES string of the molecule is O=S(=O)(c1ccc(Cl)cc1)N1CCN(CCOc2ccccc2F)CC1. The predicted octanol–water partition coefficient (Wildman–Crippen LogP) is 2.86. The maximum Gasteiger partial charge on any atom is 0.243 e. The van der Waals surface area contributed by atoms with Gasteiger partial charge in [-0.2, -0.15) is 4.31 Å². The number of hydrogen-bond acceptors (Lipinski definition) is 4. The third-order valence-corrected chi connectivity index (χ3v) is 6.45. The van der Waals surface area contributed by atoms with Crippen molar-refractivity contribution in [2.24, 2.45) is 0 Å². The summed E-state index contributed by atoms with van der Waals surface area (Å²) in [6, 6.07) is 12.5. The minimum atomic E-state index is -3.50. The molecule has 1 aliphatic rings. The fraction of sp³-hybridized carbons (Fsp3) is 0.333. The number of benzene rings is 2. The molecule has 0 atom stereocenters. The quantitative estimate of drug-likeness (QED) is 0.750. The lowest BCUT2D eigenvalue weighted by Crippen LogP contribution is -2.49. The second kappa shape index (κ2) is 8.35. The second-order valence-electron chi connectivity index (χ2n) is 5.98. The number of rotatable bonds is 6. The van der Waals surface area contributed by atoms with Gasteiger partial charge in [0.1, 0.15) is 6.61 Å². The summed E-state index contributed by atoms with van der Waals surface area (Å²) >= 11 is 5.82. The zero-order chi connectivity index (χ0) is 18.6. The van der Waals surface area contributed by atoms with Crippen molar-refractivity contribution in [3.05, 3.63) is 59.4 Å². The highest BCUT2D eigenvalue weighted by Crippen LogP contribution is 2.20. The van der Waals surface area contributed by atoms with Crippen LogP contribution in [-0.2, 0) is 10.0 Å². The summed E-state index contributed by atoms with van der Waals surface area (Å²) in [6.07, 6.45) is 0. The van der Waals surface area contributed by atoms with Gasteiger partial charge in [0.15, 0.2) is 11.6 Å². The molecule has 0 radical (unpaired) electrons. The number of hydrogen-bond donors (Lipinski definition) is 0. The van der Waals surface area contributed by atoms with Crippen LogP contribution in [0.5, 0.6) is 5.75 Å². The largest absolute Gasteiger partial charge is 0.489 e. The van der Waals surface area contributed by atoms with Crippen molar-refractivity contribution in [3.63, 3.8) is 0 Å². The molecule has 1 fully saturated rings. The lowest BCUT2D eigenvalue weighted by molar-refractivity contribution is 0.157. The van der Waals surface area contributed by atoms with E-state index in [1.54, 1.807) is 30.3 Å². The highest BCUT2D eigenvalue weighted by atomic mass is 35.5. The van der Waals surface area contributed by atoms with Crippen molar-refractivity contribution < 1.29 is 17.5 Å². The molecular formula is C18H20ClFN2O3S. The maximum absolute atomic E-state index is 13.5. The third-order valence-electron chi connectivity index (χ3n) is 4.28. The van der Waals surface area contributed by atoms with Gasteiger partial charge in [-0.05, 0) is 36.4 Å². The van der Waals surface area contributed by atoms with Gasteiger partial charge < -0.3 is 4.74 Å². The summed E-state index contributed by atoms with van der Waals surface area (Å²) in [7, 11) is -3.50. The van der Waals surface area contributed by atoms with E-state index in [-0.39, 0.29) is 16.5 Å². The van der Waals surface area contributed by atoms with E-state index in [9.17, 15) is 12.8 Å². The molecular weight excluding hydrogens is 379 g/mol. The van der Waals surface area contributed by atoms with Gasteiger partial charge >= 0.3 is 0 Å². The van der Waals surface area contributed by atoms with Crippen LogP contribution in [0.15, 0.2) is 53.4 Å². The zero-order valence-corrected chi connectivity index (χ0v) is 15.7. The molecule has 0 aromatic heterocycles. The van der Waals surface area contributed by atoms with E-state index in [4.69, 9.17) is 16.3 Å². The van der Waals surface area contributed by atoms with Crippen LogP contribution in [0.4, 0.5) is 4.39 Å². The maximum atomic E-state index is 13.5. The molecule has 2 aromatic carbocycles. The van der Waals surface area contributed by atoms with Gasteiger partial charge in [-0.15, -0.1) is 0 Å². The Labute approximate surface area is 158 Å². The Kier molecular flexibility index (Phi) is 6.13. The average molecular weight is 399 g/mol. The highest BCUT2D eigenvalue weighted by Gasteiger charge is 2.28. The first-order valence-electron chi connectivity index (χ1n) is 8.32. The number of ether oxygens (including phenoxy) is 1. The lowest BCUT2D eigenvalue weighted by Gasteiger charge is -2.33. The Balaban J connectivity index is 1.49. The lowest BCUT2D eigenvalue weighted by atomic mass is 10.3. The fourth-order valence-corrected chi connectivity index (χ4v) is 4.34. The van der Waals surface area contributed by atoms with Crippen LogP contribution < -0.4 is 4.74 Å². The van der Waals surface area contributed by atoms with Gasteiger partial charge in [-0.1, -0.05) is 23.7 Å². The van der Waals surface area contributed by atoms with Gasteiger partial charge in [0.2, 0.25) is 10.0 Å². The zero-order valence-electron chi connectivity index (χ0n) is 14.1. The standard InChI is InChI=1S/C18H20ClFN2O3S/c19-15-5-7-16(8-6-15)26(23,24)22-11-9-21(10-12-22)13-14-25-18-4-2-1-3-17(18)20/h1-8H,9-14H2. The number of sulfonamides is 1. The number of para-hydroxylation sites is 1. The Hall–Kier alpha value is -1.67. The molecule has 0 N–H and O–H groups in total. The Bertz CT molecular complexity index is 838. The van der Waals surface area contributed by atoms with Gasteiger partial charge in [0.25, 0.3) is 0 Å². The first-order valence-corrected chi connectivity index (χ1v) is 10.1. The molecule has 3 rings (SSSR count). The van der Waals surface area contributed by atoms with Crippen LogP contribution in [0, 0.1) is 5.82 Å². The van der Waals surface area contributed by atoms with E-state index in [0.717, 1.165) is 0 Å². The van der Waals surface area contributed by atoms with Crippen molar-refractivity contribution in [2.75, 3.05) is 39.3 Å². The first-order chi connectivity index (χ1) is 12.5. The fourth-order valence-electron chi connectivity index (χ4n) is 2.80. The van der Waals surface area contributed by atoms with Crippen molar-refractivity contribution in [1.82, 2.24) is 9.21 Å². The average Bonchev–Trinajstić information content (AvgIpc) is 2.64. The Morgan fingerprint density at radius 3 is 2.31 bits per heavy atom. The van der Waals surface area contributed by atoms with Crippen LogP contribution in [-0.4, -0.2) is 57.0 Å². The minimum Gasteiger partial charge on any atom is -0.489 e. The Morgan fingerprint density at radius 2 is 1.65 bits per heavy atom. The van der Waals surface area contributed by atoms with E-state index in [2.05, 4.69) is 4.90 Å². The van der Waals surface area contributed by atoms with Crippen molar-refractivity contribution in [2.45, 2.75) is 4.90 Å². The third kappa shape index (κ3) is 4.54. The molecule has 140 valence electrons. The summed E-state index contributed by atoms with van der Waals surface area (Å²) in [5.74, 6) is -0.150. The topological polar surface area (TPSA) is 49.9 Å². The Morgan fingerprint density at radius 1 is 1.00 bits per heavy atom. The molecule has 2 aromatic rings. The molecule has 1 aliphatic heterocycles. The van der Waals surface area contributed by atoms with Gasteiger partial charge in [0.05, 0.1) is 4.90 Å². The predicted molar refractivity (Wildman–Crippen MR) is 98.5 cm³/mol. The van der Waals surface area contributed by atoms with E-state index in [1.807, 2.05) is 0 Å². The molecule has 0 aliphatic carbocycles. The number of nitrogens with zero attached hydrogens (tertiary/aromatic N) is 2. The molecule has 8 heteroatoms. The molecule has 1 saturated heterocycles. The van der Waals surface area contributed by atoms with Crippen LogP contribution in [0.1, 0.15) is 0 Å². The van der Waals surface area contributed by atoms with E-state index < -0.39 is 10.0 Å². The summed E-state index contributed by atoms with van der Waals surface area (Å²) < 4.78 is 45.7. The van der Waals surface area contributed by atoms with E-state index in [0.29, 0.717) is 44.4 Å². The molecule has 1 heterocycles. The van der Waals surface area contributed by atoms with E-state index in [1.165, 1.54) is 22.5 Å². The molecule has 0 unspecified atom stereocenters. The van der Waals surface area contributed by atoms with Crippen molar-refractivity contribution >= 4 is 21.6 Å². The summed E-state index contributed by atoms with van der Waals surface area (Å²) in [5, 5.41) is 0.503. The van der Waals surface area contributed by atoms with Crippen LogP contribution in [0.2, 0.25) is 5.02 Å².